The van der Waals surface area contributed by atoms with Crippen molar-refractivity contribution in [3.8, 4) is 5.75 Å². The SMILES string of the molecule is COc1ccc2scc(S)c2c1C. The highest BCUT2D eigenvalue weighted by molar-refractivity contribution is 7.80. The number of thiol groups is 1. The zero-order valence-corrected chi connectivity index (χ0v) is 9.21. The molecule has 2 rings (SSSR count). The summed E-state index contributed by atoms with van der Waals surface area (Å²) in [4.78, 5) is 1.04. The molecule has 1 nitrogen and oxygen atoms in total. The van der Waals surface area contributed by atoms with Gasteiger partial charge < -0.3 is 4.74 Å². The molecule has 2 aromatic rings. The predicted octanol–water partition coefficient (Wildman–Crippen LogP) is 3.51. The van der Waals surface area contributed by atoms with Crippen LogP contribution in [0.15, 0.2) is 22.4 Å². The quantitative estimate of drug-likeness (QED) is 0.709. The first kappa shape index (κ1) is 8.91. The molecule has 0 bridgehead atoms. The molecule has 0 aliphatic heterocycles. The topological polar surface area (TPSA) is 9.23 Å². The van der Waals surface area contributed by atoms with Crippen LogP contribution in [-0.2, 0) is 0 Å². The first-order valence-electron chi connectivity index (χ1n) is 3.98. The Morgan fingerprint density at radius 3 is 2.85 bits per heavy atom. The highest BCUT2D eigenvalue weighted by Gasteiger charge is 2.07. The lowest BCUT2D eigenvalue weighted by atomic mass is 10.1. The van der Waals surface area contributed by atoms with E-state index in [1.54, 1.807) is 18.4 Å². The normalized spacial score (nSPS) is 10.7. The fourth-order valence-electron chi connectivity index (χ4n) is 1.48. The van der Waals surface area contributed by atoms with Crippen molar-refractivity contribution in [1.29, 1.82) is 0 Å². The van der Waals surface area contributed by atoms with Gasteiger partial charge in [0.05, 0.1) is 7.11 Å². The Morgan fingerprint density at radius 2 is 2.15 bits per heavy atom. The van der Waals surface area contributed by atoms with Gasteiger partial charge >= 0.3 is 0 Å². The minimum Gasteiger partial charge on any atom is -0.496 e. The molecule has 0 aliphatic carbocycles. The first-order valence-corrected chi connectivity index (χ1v) is 5.30. The van der Waals surface area contributed by atoms with E-state index in [2.05, 4.69) is 31.0 Å². The van der Waals surface area contributed by atoms with Crippen molar-refractivity contribution in [2.24, 2.45) is 0 Å². The molecule has 0 unspecified atom stereocenters. The summed E-state index contributed by atoms with van der Waals surface area (Å²) in [6, 6.07) is 4.08. The van der Waals surface area contributed by atoms with Crippen LogP contribution in [0.3, 0.4) is 0 Å². The molecular weight excluding hydrogens is 200 g/mol. The maximum Gasteiger partial charge on any atom is 0.122 e. The largest absolute Gasteiger partial charge is 0.496 e. The lowest BCUT2D eigenvalue weighted by molar-refractivity contribution is 0.412. The number of fused-ring (bicyclic) bond motifs is 1. The second-order valence-electron chi connectivity index (χ2n) is 2.89. The monoisotopic (exact) mass is 210 g/mol. The van der Waals surface area contributed by atoms with E-state index >= 15 is 0 Å². The number of hydrogen-bond acceptors (Lipinski definition) is 3. The molecule has 0 aliphatic rings. The van der Waals surface area contributed by atoms with Gasteiger partial charge in [-0.05, 0) is 19.1 Å². The third-order valence-electron chi connectivity index (χ3n) is 2.15. The van der Waals surface area contributed by atoms with Crippen molar-refractivity contribution in [2.75, 3.05) is 7.11 Å². The summed E-state index contributed by atoms with van der Waals surface area (Å²) in [7, 11) is 1.69. The standard InChI is InChI=1S/C10H10OS2/c1-6-7(11-2)3-4-9-10(6)8(12)5-13-9/h3-5,12H,1-2H3. The Balaban J connectivity index is 2.83. The highest BCUT2D eigenvalue weighted by atomic mass is 32.1. The predicted molar refractivity (Wildman–Crippen MR) is 60.4 cm³/mol. The van der Waals surface area contributed by atoms with Gasteiger partial charge in [0.15, 0.2) is 0 Å². The van der Waals surface area contributed by atoms with Gasteiger partial charge in [0.1, 0.15) is 5.75 Å². The third-order valence-corrected chi connectivity index (χ3v) is 3.63. The Kier molecular flexibility index (Phi) is 2.22. The lowest BCUT2D eigenvalue weighted by Crippen LogP contribution is -1.86. The Bertz CT molecular complexity index is 445. The van der Waals surface area contributed by atoms with Gasteiger partial charge in [-0.2, -0.15) is 0 Å². The van der Waals surface area contributed by atoms with Crippen molar-refractivity contribution in [1.82, 2.24) is 0 Å². The molecule has 0 atom stereocenters. The van der Waals surface area contributed by atoms with E-state index in [0.29, 0.717) is 0 Å². The van der Waals surface area contributed by atoms with Gasteiger partial charge in [-0.1, -0.05) is 0 Å². The van der Waals surface area contributed by atoms with Crippen molar-refractivity contribution in [3.63, 3.8) is 0 Å². The zero-order chi connectivity index (χ0) is 9.42. The van der Waals surface area contributed by atoms with Crippen molar-refractivity contribution in [3.05, 3.63) is 23.1 Å². The van der Waals surface area contributed by atoms with Crippen molar-refractivity contribution < 1.29 is 4.74 Å². The van der Waals surface area contributed by atoms with E-state index < -0.39 is 0 Å². The van der Waals surface area contributed by atoms with Crippen molar-refractivity contribution >= 4 is 34.1 Å². The Hall–Kier alpha value is -0.670. The van der Waals surface area contributed by atoms with Gasteiger partial charge in [0.25, 0.3) is 0 Å². The minimum absolute atomic E-state index is 0.932. The van der Waals surface area contributed by atoms with Crippen LogP contribution in [-0.4, -0.2) is 7.11 Å². The number of rotatable bonds is 1. The van der Waals surface area contributed by atoms with Gasteiger partial charge in [0, 0.05) is 25.9 Å². The van der Waals surface area contributed by atoms with Crippen LogP contribution in [0.25, 0.3) is 10.1 Å². The molecule has 3 heteroatoms. The Labute approximate surface area is 86.8 Å². The van der Waals surface area contributed by atoms with Crippen LogP contribution < -0.4 is 4.74 Å². The molecule has 1 aromatic carbocycles. The van der Waals surface area contributed by atoms with Crippen LogP contribution in [0.1, 0.15) is 5.56 Å². The van der Waals surface area contributed by atoms with E-state index in [1.165, 1.54) is 15.6 Å². The van der Waals surface area contributed by atoms with Gasteiger partial charge in [-0.3, -0.25) is 0 Å². The second kappa shape index (κ2) is 3.24. The number of aryl methyl sites for hydroxylation is 1. The zero-order valence-electron chi connectivity index (χ0n) is 7.50. The molecule has 0 spiro atoms. The fraction of sp³-hybridized carbons (Fsp3) is 0.200. The van der Waals surface area contributed by atoms with Crippen LogP contribution in [0.2, 0.25) is 0 Å². The number of methoxy groups -OCH3 is 1. The minimum atomic E-state index is 0.932. The first-order chi connectivity index (χ1) is 6.24. The van der Waals surface area contributed by atoms with Crippen LogP contribution in [0, 0.1) is 6.92 Å². The summed E-state index contributed by atoms with van der Waals surface area (Å²) in [5, 5.41) is 3.27. The van der Waals surface area contributed by atoms with E-state index in [4.69, 9.17) is 4.74 Å². The molecule has 0 saturated heterocycles. The van der Waals surface area contributed by atoms with E-state index in [0.717, 1.165) is 10.6 Å². The number of hydrogen-bond donors (Lipinski definition) is 1. The molecule has 13 heavy (non-hydrogen) atoms. The van der Waals surface area contributed by atoms with Gasteiger partial charge in [-0.25, -0.2) is 0 Å². The molecule has 0 saturated carbocycles. The molecule has 0 amide bonds. The van der Waals surface area contributed by atoms with E-state index in [-0.39, 0.29) is 0 Å². The third kappa shape index (κ3) is 1.32. The number of benzene rings is 1. The average Bonchev–Trinajstić information content (AvgIpc) is 2.49. The fourth-order valence-corrected chi connectivity index (χ4v) is 2.89. The van der Waals surface area contributed by atoms with Gasteiger partial charge in [-0.15, -0.1) is 24.0 Å². The van der Waals surface area contributed by atoms with Crippen LogP contribution in [0.5, 0.6) is 5.75 Å². The van der Waals surface area contributed by atoms with E-state index in [1.807, 2.05) is 6.07 Å². The second-order valence-corrected chi connectivity index (χ2v) is 4.28. The molecule has 0 radical (unpaired) electrons. The molecule has 0 N–H and O–H groups in total. The van der Waals surface area contributed by atoms with Crippen LogP contribution in [0.4, 0.5) is 0 Å². The van der Waals surface area contributed by atoms with Gasteiger partial charge in [0.2, 0.25) is 0 Å². The smallest absolute Gasteiger partial charge is 0.122 e. The summed E-state index contributed by atoms with van der Waals surface area (Å²) >= 11 is 6.13. The summed E-state index contributed by atoms with van der Waals surface area (Å²) in [6.45, 7) is 2.06. The van der Waals surface area contributed by atoms with E-state index in [9.17, 15) is 0 Å². The average molecular weight is 210 g/mol. The molecule has 1 aromatic heterocycles. The molecule has 1 heterocycles. The molecule has 0 fully saturated rings. The highest BCUT2D eigenvalue weighted by Crippen LogP contribution is 2.35. The molecular formula is C10H10OS2. The maximum absolute atomic E-state index is 5.25. The van der Waals surface area contributed by atoms with Crippen molar-refractivity contribution in [2.45, 2.75) is 11.8 Å². The summed E-state index contributed by atoms with van der Waals surface area (Å²) < 4.78 is 6.52. The Morgan fingerprint density at radius 1 is 1.38 bits per heavy atom. The molecule has 68 valence electrons. The number of ether oxygens (including phenoxy) is 1. The summed E-state index contributed by atoms with van der Waals surface area (Å²) in [5.41, 5.74) is 1.17. The maximum atomic E-state index is 5.25. The lowest BCUT2D eigenvalue weighted by Gasteiger charge is -2.05. The summed E-state index contributed by atoms with van der Waals surface area (Å²) in [5.74, 6) is 0.932. The summed E-state index contributed by atoms with van der Waals surface area (Å²) in [6.07, 6.45) is 0. The number of thiophene rings is 1. The van der Waals surface area contributed by atoms with Crippen LogP contribution >= 0.6 is 24.0 Å².